The number of esters is 1. The van der Waals surface area contributed by atoms with Crippen molar-refractivity contribution in [3.05, 3.63) is 64.9 Å². The van der Waals surface area contributed by atoms with E-state index in [2.05, 4.69) is 0 Å². The zero-order valence-electron chi connectivity index (χ0n) is 15.3. The predicted octanol–water partition coefficient (Wildman–Crippen LogP) is 2.72. The van der Waals surface area contributed by atoms with Gasteiger partial charge in [0, 0.05) is 18.8 Å². The molecule has 0 unspecified atom stereocenters. The summed E-state index contributed by atoms with van der Waals surface area (Å²) in [7, 11) is 0. The van der Waals surface area contributed by atoms with Gasteiger partial charge >= 0.3 is 11.7 Å². The average molecular weight is 386 g/mol. The lowest BCUT2D eigenvalue weighted by Gasteiger charge is -2.20. The third-order valence-corrected chi connectivity index (χ3v) is 4.23. The summed E-state index contributed by atoms with van der Waals surface area (Å²) in [5, 5.41) is 0. The number of amides is 1. The smallest absolute Gasteiger partial charge is 0.419 e. The number of benzene rings is 2. The number of ether oxygens (including phenoxy) is 1. The van der Waals surface area contributed by atoms with Crippen LogP contribution in [0.5, 0.6) is 0 Å². The van der Waals surface area contributed by atoms with Crippen molar-refractivity contribution in [1.29, 1.82) is 0 Å². The molecule has 1 heterocycles. The minimum Gasteiger partial charge on any atom is -0.455 e. The van der Waals surface area contributed by atoms with Crippen LogP contribution in [0.1, 0.15) is 13.3 Å². The number of aromatic nitrogens is 1. The first kappa shape index (κ1) is 19.3. The Morgan fingerprint density at radius 2 is 1.86 bits per heavy atom. The van der Waals surface area contributed by atoms with Gasteiger partial charge in [-0.25, -0.2) is 9.18 Å². The van der Waals surface area contributed by atoms with Gasteiger partial charge in [-0.3, -0.25) is 14.2 Å². The molecular formula is C20H19FN2O5. The van der Waals surface area contributed by atoms with Crippen LogP contribution in [-0.4, -0.2) is 29.6 Å². The number of rotatable bonds is 7. The van der Waals surface area contributed by atoms with E-state index < -0.39 is 30.1 Å². The molecule has 8 heteroatoms. The summed E-state index contributed by atoms with van der Waals surface area (Å²) in [5.41, 5.74) is 1.54. The maximum Gasteiger partial charge on any atom is 0.419 e. The summed E-state index contributed by atoms with van der Waals surface area (Å²) in [6, 6.07) is 12.4. The van der Waals surface area contributed by atoms with Crippen LogP contribution in [0.2, 0.25) is 0 Å². The normalized spacial score (nSPS) is 10.8. The van der Waals surface area contributed by atoms with Crippen LogP contribution in [0.4, 0.5) is 10.1 Å². The first-order valence-electron chi connectivity index (χ1n) is 8.79. The zero-order chi connectivity index (χ0) is 20.1. The molecule has 3 aromatic rings. The molecule has 0 aliphatic carbocycles. The summed E-state index contributed by atoms with van der Waals surface area (Å²) in [5.74, 6) is -1.99. The maximum absolute atomic E-state index is 13.0. The molecule has 0 spiro atoms. The van der Waals surface area contributed by atoms with E-state index in [4.69, 9.17) is 9.15 Å². The van der Waals surface area contributed by atoms with Crippen molar-refractivity contribution >= 4 is 28.7 Å². The lowest BCUT2D eigenvalue weighted by Crippen LogP contribution is -2.34. The molecule has 0 atom stereocenters. The molecule has 0 aliphatic rings. The largest absolute Gasteiger partial charge is 0.455 e. The maximum atomic E-state index is 13.0. The number of halogens is 1. The molecular weight excluding hydrogens is 367 g/mol. The van der Waals surface area contributed by atoms with Crippen LogP contribution < -0.4 is 10.7 Å². The van der Waals surface area contributed by atoms with Crippen molar-refractivity contribution in [2.75, 3.05) is 18.1 Å². The Morgan fingerprint density at radius 3 is 2.57 bits per heavy atom. The first-order chi connectivity index (χ1) is 13.5. The number of aryl methyl sites for hydroxylation is 1. The van der Waals surface area contributed by atoms with Gasteiger partial charge < -0.3 is 14.1 Å². The highest BCUT2D eigenvalue weighted by atomic mass is 19.1. The summed E-state index contributed by atoms with van der Waals surface area (Å²) < 4.78 is 24.5. The van der Waals surface area contributed by atoms with Gasteiger partial charge in [-0.2, -0.15) is 0 Å². The van der Waals surface area contributed by atoms with Gasteiger partial charge in [0.05, 0.1) is 11.9 Å². The number of carbonyl (C=O) groups is 2. The number of hydrogen-bond acceptors (Lipinski definition) is 5. The van der Waals surface area contributed by atoms with Crippen LogP contribution in [0.25, 0.3) is 11.1 Å². The van der Waals surface area contributed by atoms with Crippen molar-refractivity contribution in [1.82, 2.24) is 4.57 Å². The second-order valence-electron chi connectivity index (χ2n) is 6.01. The van der Waals surface area contributed by atoms with Crippen molar-refractivity contribution in [3.8, 4) is 0 Å². The molecule has 2 aromatic carbocycles. The second-order valence-corrected chi connectivity index (χ2v) is 6.01. The molecule has 0 bridgehead atoms. The fraction of sp³-hybridized carbons (Fsp3) is 0.250. The lowest BCUT2D eigenvalue weighted by atomic mass is 10.2. The SMILES string of the molecule is CCN(C(=O)COC(=O)CCn1c(=O)oc2ccccc21)c1ccc(F)cc1. The number of para-hydroxylation sites is 2. The van der Waals surface area contributed by atoms with Gasteiger partial charge in [0.1, 0.15) is 5.82 Å². The highest BCUT2D eigenvalue weighted by Crippen LogP contribution is 2.15. The van der Waals surface area contributed by atoms with Crippen LogP contribution in [0, 0.1) is 5.82 Å². The highest BCUT2D eigenvalue weighted by Gasteiger charge is 2.17. The summed E-state index contributed by atoms with van der Waals surface area (Å²) in [6.07, 6.45) is -0.0839. The number of carbonyl (C=O) groups excluding carboxylic acids is 2. The monoisotopic (exact) mass is 386 g/mol. The Bertz CT molecular complexity index is 1040. The molecule has 0 saturated heterocycles. The second kappa shape index (κ2) is 8.51. The Kier molecular flexibility index (Phi) is 5.88. The van der Waals surface area contributed by atoms with Gasteiger partial charge in [-0.05, 0) is 43.3 Å². The average Bonchev–Trinajstić information content (AvgIpc) is 3.01. The first-order valence-corrected chi connectivity index (χ1v) is 8.79. The van der Waals surface area contributed by atoms with E-state index in [9.17, 15) is 18.8 Å². The standard InChI is InChI=1S/C20H19FN2O5/c1-2-22(15-9-7-14(21)8-10-15)18(24)13-27-19(25)11-12-23-16-5-3-4-6-17(16)28-20(23)26/h3-10H,2,11-13H2,1H3. The Morgan fingerprint density at radius 1 is 1.14 bits per heavy atom. The zero-order valence-corrected chi connectivity index (χ0v) is 15.3. The van der Waals surface area contributed by atoms with E-state index in [1.54, 1.807) is 31.2 Å². The Balaban J connectivity index is 1.56. The third kappa shape index (κ3) is 4.28. The lowest BCUT2D eigenvalue weighted by molar-refractivity contribution is -0.148. The molecule has 28 heavy (non-hydrogen) atoms. The van der Waals surface area contributed by atoms with Gasteiger partial charge in [0.25, 0.3) is 5.91 Å². The van der Waals surface area contributed by atoms with Crippen molar-refractivity contribution in [2.24, 2.45) is 0 Å². The highest BCUT2D eigenvalue weighted by molar-refractivity contribution is 5.95. The van der Waals surface area contributed by atoms with Gasteiger partial charge in [-0.1, -0.05) is 12.1 Å². The molecule has 0 saturated carbocycles. The minimum atomic E-state index is -0.610. The van der Waals surface area contributed by atoms with Crippen LogP contribution in [0.15, 0.2) is 57.7 Å². The Hall–Kier alpha value is -3.42. The molecule has 0 fully saturated rings. The molecule has 0 aliphatic heterocycles. The minimum absolute atomic E-state index is 0.0817. The van der Waals surface area contributed by atoms with E-state index in [-0.39, 0.29) is 13.0 Å². The van der Waals surface area contributed by atoms with E-state index in [0.29, 0.717) is 23.3 Å². The van der Waals surface area contributed by atoms with Crippen LogP contribution in [-0.2, 0) is 20.9 Å². The quantitative estimate of drug-likeness (QED) is 0.583. The number of nitrogens with zero attached hydrogens (tertiary/aromatic N) is 2. The third-order valence-electron chi connectivity index (χ3n) is 4.23. The predicted molar refractivity (Wildman–Crippen MR) is 100 cm³/mol. The number of anilines is 1. The number of fused-ring (bicyclic) bond motifs is 1. The van der Waals surface area contributed by atoms with E-state index in [1.165, 1.54) is 33.7 Å². The van der Waals surface area contributed by atoms with Crippen molar-refractivity contribution in [2.45, 2.75) is 19.9 Å². The molecule has 1 aromatic heterocycles. The molecule has 3 rings (SSSR count). The van der Waals surface area contributed by atoms with Crippen molar-refractivity contribution < 1.29 is 23.1 Å². The summed E-state index contributed by atoms with van der Waals surface area (Å²) in [4.78, 5) is 37.6. The van der Waals surface area contributed by atoms with Gasteiger partial charge in [-0.15, -0.1) is 0 Å². The summed E-state index contributed by atoms with van der Waals surface area (Å²) >= 11 is 0. The summed E-state index contributed by atoms with van der Waals surface area (Å²) in [6.45, 7) is 1.75. The van der Waals surface area contributed by atoms with E-state index >= 15 is 0 Å². The molecule has 0 radical (unpaired) electrons. The van der Waals surface area contributed by atoms with Crippen molar-refractivity contribution in [3.63, 3.8) is 0 Å². The molecule has 146 valence electrons. The molecule has 0 N–H and O–H groups in total. The van der Waals surface area contributed by atoms with Crippen LogP contribution in [0.3, 0.4) is 0 Å². The van der Waals surface area contributed by atoms with Crippen LogP contribution >= 0.6 is 0 Å². The molecule has 7 nitrogen and oxygen atoms in total. The number of hydrogen-bond donors (Lipinski definition) is 0. The molecule has 1 amide bonds. The van der Waals surface area contributed by atoms with E-state index in [1.807, 2.05) is 0 Å². The van der Waals surface area contributed by atoms with Gasteiger partial charge in [0.15, 0.2) is 12.2 Å². The van der Waals surface area contributed by atoms with E-state index in [0.717, 1.165) is 0 Å². The Labute approximate surface area is 159 Å². The number of oxazole rings is 1. The number of likely N-dealkylation sites (N-methyl/N-ethyl adjacent to an activating group) is 1. The topological polar surface area (TPSA) is 81.8 Å². The fourth-order valence-electron chi connectivity index (χ4n) is 2.85. The van der Waals surface area contributed by atoms with Gasteiger partial charge in [0.2, 0.25) is 0 Å². The fourth-order valence-corrected chi connectivity index (χ4v) is 2.85.